The topological polar surface area (TPSA) is 42.6 Å². The van der Waals surface area contributed by atoms with E-state index >= 15 is 0 Å². The van der Waals surface area contributed by atoms with E-state index in [1.54, 1.807) is 34.4 Å². The molecular formula is C20H19F3N4O. The highest BCUT2D eigenvalue weighted by Crippen LogP contribution is 2.29. The van der Waals surface area contributed by atoms with Crippen molar-refractivity contribution in [2.75, 3.05) is 14.1 Å². The Morgan fingerprint density at radius 2 is 1.82 bits per heavy atom. The Hall–Kier alpha value is -3.29. The number of hydrogen-bond donors (Lipinski definition) is 0. The van der Waals surface area contributed by atoms with Crippen LogP contribution in [0.5, 0.6) is 5.75 Å². The van der Waals surface area contributed by atoms with Gasteiger partial charge in [-0.1, -0.05) is 24.3 Å². The highest BCUT2D eigenvalue weighted by Gasteiger charge is 2.29. The lowest BCUT2D eigenvalue weighted by atomic mass is 10.1. The van der Waals surface area contributed by atoms with Crippen LogP contribution in [0.15, 0.2) is 72.4 Å². The fourth-order valence-electron chi connectivity index (χ4n) is 2.55. The number of benzene rings is 2. The van der Waals surface area contributed by atoms with Crippen molar-refractivity contribution in [1.29, 1.82) is 0 Å². The summed E-state index contributed by atoms with van der Waals surface area (Å²) in [6.45, 7) is 0.133. The first-order valence-electron chi connectivity index (χ1n) is 8.47. The molecule has 146 valence electrons. The Morgan fingerprint density at radius 3 is 2.43 bits per heavy atom. The van der Waals surface area contributed by atoms with E-state index in [4.69, 9.17) is 4.74 Å². The van der Waals surface area contributed by atoms with Crippen LogP contribution in [0.4, 0.5) is 13.2 Å². The summed E-state index contributed by atoms with van der Waals surface area (Å²) in [6.07, 6.45) is 0.704. The molecule has 0 spiro atoms. The van der Waals surface area contributed by atoms with Gasteiger partial charge in [0.15, 0.2) is 5.84 Å². The Bertz CT molecular complexity index is 933. The third-order valence-electron chi connectivity index (χ3n) is 3.85. The van der Waals surface area contributed by atoms with E-state index in [2.05, 4.69) is 10.1 Å². The molecule has 0 radical (unpaired) electrons. The summed E-state index contributed by atoms with van der Waals surface area (Å²) in [5.74, 6) is 1.18. The van der Waals surface area contributed by atoms with Gasteiger partial charge in [0.05, 0.1) is 11.1 Å². The standard InChI is InChI=1S/C20H19F3N4O/c1-26(2)25-19(27-12-11-24-14-27)17-5-3-4-6-18(17)28-13-15-7-9-16(10-8-15)20(21,22)23/h3-12,14H,13H2,1-2H3/b25-19-. The molecule has 0 amide bonds. The number of hydrazone groups is 1. The van der Waals surface area contributed by atoms with Crippen LogP contribution in [0.3, 0.4) is 0 Å². The van der Waals surface area contributed by atoms with Crippen molar-refractivity contribution in [3.63, 3.8) is 0 Å². The first kappa shape index (κ1) is 19.5. The molecule has 2 aromatic carbocycles. The van der Waals surface area contributed by atoms with Gasteiger partial charge in [0.1, 0.15) is 18.7 Å². The molecule has 0 unspecified atom stereocenters. The lowest BCUT2D eigenvalue weighted by Crippen LogP contribution is -2.18. The van der Waals surface area contributed by atoms with Crippen molar-refractivity contribution in [1.82, 2.24) is 14.6 Å². The maximum Gasteiger partial charge on any atom is 0.416 e. The highest BCUT2D eigenvalue weighted by molar-refractivity contribution is 6.02. The number of alkyl halides is 3. The second kappa shape index (κ2) is 8.16. The summed E-state index contributed by atoms with van der Waals surface area (Å²) >= 11 is 0. The van der Waals surface area contributed by atoms with Crippen LogP contribution in [-0.2, 0) is 12.8 Å². The Labute approximate surface area is 160 Å². The lowest BCUT2D eigenvalue weighted by molar-refractivity contribution is -0.137. The number of nitrogens with zero attached hydrogens (tertiary/aromatic N) is 4. The van der Waals surface area contributed by atoms with Gasteiger partial charge in [-0.3, -0.25) is 4.57 Å². The van der Waals surface area contributed by atoms with E-state index in [0.717, 1.165) is 17.7 Å². The first-order valence-corrected chi connectivity index (χ1v) is 8.47. The van der Waals surface area contributed by atoms with Crippen molar-refractivity contribution < 1.29 is 17.9 Å². The zero-order valence-electron chi connectivity index (χ0n) is 15.4. The minimum atomic E-state index is -4.35. The summed E-state index contributed by atoms with van der Waals surface area (Å²) in [5.41, 5.74) is 0.690. The number of ether oxygens (including phenoxy) is 1. The van der Waals surface area contributed by atoms with Crippen LogP contribution >= 0.6 is 0 Å². The zero-order chi connectivity index (χ0) is 20.1. The van der Waals surface area contributed by atoms with Crippen LogP contribution in [0.25, 0.3) is 0 Å². The van der Waals surface area contributed by atoms with Gasteiger partial charge < -0.3 is 9.75 Å². The van der Waals surface area contributed by atoms with E-state index in [1.165, 1.54) is 12.1 Å². The van der Waals surface area contributed by atoms with Gasteiger partial charge in [0.2, 0.25) is 0 Å². The normalized spacial score (nSPS) is 12.1. The van der Waals surface area contributed by atoms with Crippen molar-refractivity contribution in [3.05, 3.63) is 83.9 Å². The summed E-state index contributed by atoms with van der Waals surface area (Å²) in [4.78, 5) is 4.06. The van der Waals surface area contributed by atoms with E-state index in [9.17, 15) is 13.2 Å². The lowest BCUT2D eigenvalue weighted by Gasteiger charge is -2.16. The maximum absolute atomic E-state index is 12.7. The fraction of sp³-hybridized carbons (Fsp3) is 0.200. The summed E-state index contributed by atoms with van der Waals surface area (Å²) < 4.78 is 45.7. The maximum atomic E-state index is 12.7. The fourth-order valence-corrected chi connectivity index (χ4v) is 2.55. The quantitative estimate of drug-likeness (QED) is 0.373. The second-order valence-corrected chi connectivity index (χ2v) is 6.22. The number of imidazole rings is 1. The molecule has 5 nitrogen and oxygen atoms in total. The van der Waals surface area contributed by atoms with Gasteiger partial charge in [-0.2, -0.15) is 18.3 Å². The third kappa shape index (κ3) is 4.70. The van der Waals surface area contributed by atoms with Crippen LogP contribution in [0, 0.1) is 0 Å². The number of para-hydroxylation sites is 1. The average Bonchev–Trinajstić information content (AvgIpc) is 3.19. The molecule has 0 atom stereocenters. The van der Waals surface area contributed by atoms with Gasteiger partial charge >= 0.3 is 6.18 Å². The Kier molecular flexibility index (Phi) is 5.67. The molecule has 0 fully saturated rings. The number of hydrogen-bond acceptors (Lipinski definition) is 4. The largest absolute Gasteiger partial charge is 0.488 e. The van der Waals surface area contributed by atoms with Gasteiger partial charge in [-0.25, -0.2) is 4.98 Å². The minimum Gasteiger partial charge on any atom is -0.488 e. The molecule has 0 aliphatic rings. The van der Waals surface area contributed by atoms with Crippen LogP contribution in [0.2, 0.25) is 0 Å². The van der Waals surface area contributed by atoms with E-state index in [-0.39, 0.29) is 6.61 Å². The van der Waals surface area contributed by atoms with Crippen LogP contribution < -0.4 is 4.74 Å². The average molecular weight is 388 g/mol. The highest BCUT2D eigenvalue weighted by atomic mass is 19.4. The Morgan fingerprint density at radius 1 is 1.11 bits per heavy atom. The molecule has 1 aromatic heterocycles. The van der Waals surface area contributed by atoms with E-state index < -0.39 is 11.7 Å². The zero-order valence-corrected chi connectivity index (χ0v) is 15.4. The summed E-state index contributed by atoms with van der Waals surface area (Å²) in [7, 11) is 3.62. The summed E-state index contributed by atoms with van der Waals surface area (Å²) in [5, 5.41) is 6.18. The first-order chi connectivity index (χ1) is 13.3. The Balaban J connectivity index is 1.84. The van der Waals surface area contributed by atoms with Crippen molar-refractivity contribution in [2.24, 2.45) is 5.10 Å². The van der Waals surface area contributed by atoms with E-state index in [0.29, 0.717) is 17.1 Å². The molecule has 3 rings (SSSR count). The number of halogens is 3. The predicted octanol–water partition coefficient (Wildman–Crippen LogP) is 4.25. The minimum absolute atomic E-state index is 0.133. The monoisotopic (exact) mass is 388 g/mol. The molecule has 0 bridgehead atoms. The van der Waals surface area contributed by atoms with Gasteiger partial charge in [-0.15, -0.1) is 0 Å². The molecular weight excluding hydrogens is 369 g/mol. The predicted molar refractivity (Wildman–Crippen MR) is 100 cm³/mol. The summed E-state index contributed by atoms with van der Waals surface area (Å²) in [6, 6.07) is 12.3. The molecule has 8 heteroatoms. The van der Waals surface area contributed by atoms with Crippen LogP contribution in [-0.4, -0.2) is 34.5 Å². The molecule has 3 aromatic rings. The molecule has 0 aliphatic heterocycles. The molecule has 0 saturated carbocycles. The molecule has 0 saturated heterocycles. The van der Waals surface area contributed by atoms with Crippen molar-refractivity contribution >= 4 is 5.84 Å². The van der Waals surface area contributed by atoms with Crippen molar-refractivity contribution in [2.45, 2.75) is 12.8 Å². The molecule has 1 heterocycles. The SMILES string of the molecule is CN(C)/N=C(/c1ccccc1OCc1ccc(C(F)(F)F)cc1)n1ccnc1. The smallest absolute Gasteiger partial charge is 0.416 e. The molecule has 0 N–H and O–H groups in total. The second-order valence-electron chi connectivity index (χ2n) is 6.22. The van der Waals surface area contributed by atoms with Gasteiger partial charge in [0.25, 0.3) is 0 Å². The molecule has 28 heavy (non-hydrogen) atoms. The van der Waals surface area contributed by atoms with Gasteiger partial charge in [0, 0.05) is 26.5 Å². The molecule has 0 aliphatic carbocycles. The van der Waals surface area contributed by atoms with Gasteiger partial charge in [-0.05, 0) is 29.8 Å². The third-order valence-corrected chi connectivity index (χ3v) is 3.85. The number of aromatic nitrogens is 2. The van der Waals surface area contributed by atoms with Crippen molar-refractivity contribution in [3.8, 4) is 5.75 Å². The van der Waals surface area contributed by atoms with Crippen LogP contribution in [0.1, 0.15) is 16.7 Å². The number of rotatable bonds is 5. The van der Waals surface area contributed by atoms with E-state index in [1.807, 2.05) is 32.3 Å².